The Kier molecular flexibility index (Phi) is 3.55. The molecule has 2 nitrogen and oxygen atoms in total. The molecule has 2 heteroatoms. The lowest BCUT2D eigenvalue weighted by Gasteiger charge is -2.23. The standard InChI is InChI=1S/C18H19NO/c1-2-16(14-8-4-3-5-9-14)18(20)19-13-12-15-10-6-7-11-17(15)19/h3-11,16H,2,12-13H2,1H3/t16-/m0/s1. The van der Waals surface area contributed by atoms with Gasteiger partial charge in [0.05, 0.1) is 5.92 Å². The van der Waals surface area contributed by atoms with Crippen LogP contribution in [0.4, 0.5) is 5.69 Å². The number of carbonyl (C=O) groups is 1. The molecule has 0 saturated heterocycles. The van der Waals surface area contributed by atoms with E-state index in [1.807, 2.05) is 47.4 Å². The van der Waals surface area contributed by atoms with Crippen LogP contribution in [0.5, 0.6) is 0 Å². The lowest BCUT2D eigenvalue weighted by Crippen LogP contribution is -2.33. The highest BCUT2D eigenvalue weighted by molar-refractivity contribution is 5.99. The molecule has 102 valence electrons. The van der Waals surface area contributed by atoms with Crippen molar-refractivity contribution in [2.45, 2.75) is 25.7 Å². The highest BCUT2D eigenvalue weighted by atomic mass is 16.2. The number of benzene rings is 2. The number of fused-ring (bicyclic) bond motifs is 1. The van der Waals surface area contributed by atoms with E-state index >= 15 is 0 Å². The Hall–Kier alpha value is -2.09. The van der Waals surface area contributed by atoms with Crippen LogP contribution < -0.4 is 4.90 Å². The molecule has 1 heterocycles. The van der Waals surface area contributed by atoms with Gasteiger partial charge < -0.3 is 4.90 Å². The first-order valence-electron chi connectivity index (χ1n) is 7.25. The molecule has 0 saturated carbocycles. The van der Waals surface area contributed by atoms with Gasteiger partial charge in [-0.2, -0.15) is 0 Å². The fourth-order valence-corrected chi connectivity index (χ4v) is 2.99. The predicted octanol–water partition coefficient (Wildman–Crippen LogP) is 3.77. The SMILES string of the molecule is CC[C@H](C(=O)N1CCc2ccccc21)c1ccccc1. The molecular weight excluding hydrogens is 246 g/mol. The summed E-state index contributed by atoms with van der Waals surface area (Å²) in [6.45, 7) is 2.89. The van der Waals surface area contributed by atoms with Crippen molar-refractivity contribution in [3.63, 3.8) is 0 Å². The number of hydrogen-bond donors (Lipinski definition) is 0. The maximum Gasteiger partial charge on any atom is 0.234 e. The van der Waals surface area contributed by atoms with Gasteiger partial charge >= 0.3 is 0 Å². The minimum absolute atomic E-state index is 0.0395. The summed E-state index contributed by atoms with van der Waals surface area (Å²) in [6.07, 6.45) is 1.80. The number of amides is 1. The summed E-state index contributed by atoms with van der Waals surface area (Å²) < 4.78 is 0. The number of para-hydroxylation sites is 1. The first-order valence-corrected chi connectivity index (χ1v) is 7.25. The van der Waals surface area contributed by atoms with Crippen LogP contribution in [-0.4, -0.2) is 12.5 Å². The number of hydrogen-bond acceptors (Lipinski definition) is 1. The van der Waals surface area contributed by atoms with Gasteiger partial charge in [-0.1, -0.05) is 55.5 Å². The summed E-state index contributed by atoms with van der Waals surface area (Å²) in [5.41, 5.74) is 3.49. The Morgan fingerprint density at radius 1 is 1.10 bits per heavy atom. The fourth-order valence-electron chi connectivity index (χ4n) is 2.99. The van der Waals surface area contributed by atoms with E-state index in [2.05, 4.69) is 19.1 Å². The smallest absolute Gasteiger partial charge is 0.234 e. The largest absolute Gasteiger partial charge is 0.311 e. The Morgan fingerprint density at radius 3 is 2.55 bits per heavy atom. The normalized spacial score (nSPS) is 14.9. The maximum absolute atomic E-state index is 12.9. The minimum atomic E-state index is -0.0395. The molecule has 0 aromatic heterocycles. The van der Waals surface area contributed by atoms with Gasteiger partial charge in [0, 0.05) is 12.2 Å². The maximum atomic E-state index is 12.9. The molecule has 1 aliphatic rings. The molecule has 0 aliphatic carbocycles. The summed E-state index contributed by atoms with van der Waals surface area (Å²) in [4.78, 5) is 14.8. The van der Waals surface area contributed by atoms with Gasteiger partial charge in [0.25, 0.3) is 0 Å². The van der Waals surface area contributed by atoms with E-state index in [0.717, 1.165) is 30.6 Å². The van der Waals surface area contributed by atoms with Gasteiger partial charge in [0.2, 0.25) is 5.91 Å². The summed E-state index contributed by atoms with van der Waals surface area (Å²) in [5, 5.41) is 0. The van der Waals surface area contributed by atoms with E-state index in [1.165, 1.54) is 5.56 Å². The zero-order valence-electron chi connectivity index (χ0n) is 11.8. The molecule has 3 rings (SSSR count). The average Bonchev–Trinajstić information content (AvgIpc) is 2.93. The third-order valence-electron chi connectivity index (χ3n) is 4.06. The molecule has 0 radical (unpaired) electrons. The Morgan fingerprint density at radius 2 is 1.80 bits per heavy atom. The van der Waals surface area contributed by atoms with Crippen LogP contribution >= 0.6 is 0 Å². The van der Waals surface area contributed by atoms with E-state index in [0.29, 0.717) is 0 Å². The Bertz CT molecular complexity index is 602. The van der Waals surface area contributed by atoms with Crippen molar-refractivity contribution < 1.29 is 4.79 Å². The van der Waals surface area contributed by atoms with E-state index in [-0.39, 0.29) is 11.8 Å². The van der Waals surface area contributed by atoms with Crippen molar-refractivity contribution in [1.82, 2.24) is 0 Å². The van der Waals surface area contributed by atoms with Gasteiger partial charge in [-0.05, 0) is 30.0 Å². The third kappa shape index (κ3) is 2.22. The topological polar surface area (TPSA) is 20.3 Å². The van der Waals surface area contributed by atoms with Crippen molar-refractivity contribution in [2.75, 3.05) is 11.4 Å². The van der Waals surface area contributed by atoms with Crippen molar-refractivity contribution >= 4 is 11.6 Å². The van der Waals surface area contributed by atoms with Crippen LogP contribution in [0.15, 0.2) is 54.6 Å². The molecule has 0 spiro atoms. The summed E-state index contributed by atoms with van der Waals surface area (Å²) in [6, 6.07) is 18.3. The fraction of sp³-hybridized carbons (Fsp3) is 0.278. The van der Waals surface area contributed by atoms with Crippen LogP contribution in [-0.2, 0) is 11.2 Å². The molecule has 2 aromatic carbocycles. The lowest BCUT2D eigenvalue weighted by molar-refractivity contribution is -0.120. The molecule has 1 amide bonds. The second kappa shape index (κ2) is 5.49. The predicted molar refractivity (Wildman–Crippen MR) is 82.0 cm³/mol. The third-order valence-corrected chi connectivity index (χ3v) is 4.06. The van der Waals surface area contributed by atoms with Gasteiger partial charge in [-0.25, -0.2) is 0 Å². The molecule has 0 N–H and O–H groups in total. The molecule has 1 aliphatic heterocycles. The van der Waals surface area contributed by atoms with Crippen molar-refractivity contribution in [1.29, 1.82) is 0 Å². The number of anilines is 1. The number of nitrogens with zero attached hydrogens (tertiary/aromatic N) is 1. The first kappa shape index (κ1) is 12.9. The highest BCUT2D eigenvalue weighted by Gasteiger charge is 2.29. The number of carbonyl (C=O) groups excluding carboxylic acids is 1. The Balaban J connectivity index is 1.89. The van der Waals surface area contributed by atoms with Crippen LogP contribution in [0.3, 0.4) is 0 Å². The summed E-state index contributed by atoms with van der Waals surface area (Å²) in [7, 11) is 0. The Labute approximate surface area is 120 Å². The van der Waals surface area contributed by atoms with E-state index in [9.17, 15) is 4.79 Å². The molecule has 1 atom stereocenters. The van der Waals surface area contributed by atoms with Crippen molar-refractivity contribution in [3.05, 3.63) is 65.7 Å². The average molecular weight is 265 g/mol. The van der Waals surface area contributed by atoms with Gasteiger partial charge in [0.1, 0.15) is 0 Å². The second-order valence-corrected chi connectivity index (χ2v) is 5.24. The van der Waals surface area contributed by atoms with Crippen molar-refractivity contribution in [2.24, 2.45) is 0 Å². The van der Waals surface area contributed by atoms with Crippen LogP contribution in [0.2, 0.25) is 0 Å². The van der Waals surface area contributed by atoms with Gasteiger partial charge in [-0.3, -0.25) is 4.79 Å². The van der Waals surface area contributed by atoms with Crippen molar-refractivity contribution in [3.8, 4) is 0 Å². The molecule has 20 heavy (non-hydrogen) atoms. The monoisotopic (exact) mass is 265 g/mol. The lowest BCUT2D eigenvalue weighted by atomic mass is 9.95. The minimum Gasteiger partial charge on any atom is -0.311 e. The molecule has 2 aromatic rings. The summed E-state index contributed by atoms with van der Waals surface area (Å²) in [5.74, 6) is 0.186. The van der Waals surface area contributed by atoms with E-state index in [4.69, 9.17) is 0 Å². The zero-order chi connectivity index (χ0) is 13.9. The van der Waals surface area contributed by atoms with Gasteiger partial charge in [0.15, 0.2) is 0 Å². The van der Waals surface area contributed by atoms with E-state index < -0.39 is 0 Å². The van der Waals surface area contributed by atoms with Crippen LogP contribution in [0, 0.1) is 0 Å². The second-order valence-electron chi connectivity index (χ2n) is 5.24. The molecule has 0 fully saturated rings. The number of rotatable bonds is 3. The van der Waals surface area contributed by atoms with E-state index in [1.54, 1.807) is 0 Å². The first-order chi connectivity index (χ1) is 9.81. The van der Waals surface area contributed by atoms with Gasteiger partial charge in [-0.15, -0.1) is 0 Å². The van der Waals surface area contributed by atoms with Crippen LogP contribution in [0.1, 0.15) is 30.4 Å². The molecule has 0 bridgehead atoms. The highest BCUT2D eigenvalue weighted by Crippen LogP contribution is 2.31. The van der Waals surface area contributed by atoms with Crippen LogP contribution in [0.25, 0.3) is 0 Å². The quantitative estimate of drug-likeness (QED) is 0.827. The zero-order valence-corrected chi connectivity index (χ0v) is 11.8. The molecular formula is C18H19NO. The molecule has 0 unspecified atom stereocenters. The summed E-state index contributed by atoms with van der Waals surface area (Å²) >= 11 is 0.